The minimum atomic E-state index is -0.535. The van der Waals surface area contributed by atoms with E-state index in [1.54, 1.807) is 12.1 Å². The van der Waals surface area contributed by atoms with Gasteiger partial charge in [-0.05, 0) is 23.8 Å². The van der Waals surface area contributed by atoms with Gasteiger partial charge in [0.1, 0.15) is 11.6 Å². The molecule has 0 radical (unpaired) electrons. The molecule has 0 amide bonds. The van der Waals surface area contributed by atoms with Crippen LogP contribution in [-0.2, 0) is 4.74 Å². The standard InChI is InChI=1S/C14H15FN2O3/c1-20-7-11(8-2-3-13(18)12(16)4-8)10-5-9(15)6-17-14(10)19/h2-6,11,18H,7,16H2,1H3,(H,17,19). The maximum atomic E-state index is 13.3. The zero-order valence-corrected chi connectivity index (χ0v) is 10.9. The van der Waals surface area contributed by atoms with Crippen molar-refractivity contribution in [3.05, 3.63) is 57.8 Å². The van der Waals surface area contributed by atoms with Gasteiger partial charge >= 0.3 is 0 Å². The van der Waals surface area contributed by atoms with Crippen LogP contribution in [0, 0.1) is 5.82 Å². The van der Waals surface area contributed by atoms with Gasteiger partial charge in [-0.1, -0.05) is 6.07 Å². The number of nitrogens with one attached hydrogen (secondary N) is 1. The van der Waals surface area contributed by atoms with Gasteiger partial charge in [-0.25, -0.2) is 4.39 Å². The molecule has 0 spiro atoms. The average Bonchev–Trinajstić information content (AvgIpc) is 2.42. The van der Waals surface area contributed by atoms with E-state index in [9.17, 15) is 14.3 Å². The molecule has 2 aromatic rings. The zero-order chi connectivity index (χ0) is 14.7. The van der Waals surface area contributed by atoms with Crippen molar-refractivity contribution in [3.63, 3.8) is 0 Å². The number of rotatable bonds is 4. The molecule has 6 heteroatoms. The molecule has 4 N–H and O–H groups in total. The minimum Gasteiger partial charge on any atom is -0.506 e. The van der Waals surface area contributed by atoms with Crippen molar-refractivity contribution < 1.29 is 14.2 Å². The summed E-state index contributed by atoms with van der Waals surface area (Å²) in [4.78, 5) is 14.2. The van der Waals surface area contributed by atoms with E-state index in [1.165, 1.54) is 19.2 Å². The first-order chi connectivity index (χ1) is 9.52. The van der Waals surface area contributed by atoms with Crippen molar-refractivity contribution in [1.29, 1.82) is 0 Å². The number of nitrogens with two attached hydrogens (primary N) is 1. The number of H-pyrrole nitrogens is 1. The number of aromatic amines is 1. The average molecular weight is 278 g/mol. The van der Waals surface area contributed by atoms with Gasteiger partial charge in [0.25, 0.3) is 5.56 Å². The zero-order valence-electron chi connectivity index (χ0n) is 10.9. The number of pyridine rings is 1. The Morgan fingerprint density at radius 3 is 2.85 bits per heavy atom. The third-order valence-electron chi connectivity index (χ3n) is 3.06. The van der Waals surface area contributed by atoms with Crippen LogP contribution >= 0.6 is 0 Å². The fourth-order valence-corrected chi connectivity index (χ4v) is 2.05. The van der Waals surface area contributed by atoms with Crippen LogP contribution in [0.1, 0.15) is 17.0 Å². The van der Waals surface area contributed by atoms with Crippen molar-refractivity contribution in [3.8, 4) is 5.75 Å². The maximum absolute atomic E-state index is 13.3. The van der Waals surface area contributed by atoms with Crippen molar-refractivity contribution >= 4 is 5.69 Å². The summed E-state index contributed by atoms with van der Waals surface area (Å²) in [5, 5.41) is 9.44. The molecule has 5 nitrogen and oxygen atoms in total. The number of ether oxygens (including phenoxy) is 1. The Kier molecular flexibility index (Phi) is 4.05. The number of aromatic nitrogens is 1. The van der Waals surface area contributed by atoms with Crippen LogP contribution in [0.15, 0.2) is 35.3 Å². The number of hydrogen-bond donors (Lipinski definition) is 3. The highest BCUT2D eigenvalue weighted by atomic mass is 19.1. The second kappa shape index (κ2) is 5.75. The van der Waals surface area contributed by atoms with Gasteiger partial charge in [0.05, 0.1) is 12.3 Å². The lowest BCUT2D eigenvalue weighted by atomic mass is 9.92. The van der Waals surface area contributed by atoms with E-state index in [1.807, 2.05) is 0 Å². The first kappa shape index (κ1) is 14.1. The number of anilines is 1. The number of phenolic OH excluding ortho intramolecular Hbond substituents is 1. The van der Waals surface area contributed by atoms with Crippen molar-refractivity contribution in [1.82, 2.24) is 4.98 Å². The fourth-order valence-electron chi connectivity index (χ4n) is 2.05. The predicted octanol–water partition coefficient (Wildman–Crippen LogP) is 1.58. The maximum Gasteiger partial charge on any atom is 0.252 e. The summed E-state index contributed by atoms with van der Waals surface area (Å²) in [5.74, 6) is -1.05. The second-order valence-electron chi connectivity index (χ2n) is 4.43. The molecule has 20 heavy (non-hydrogen) atoms. The van der Waals surface area contributed by atoms with Crippen LogP contribution in [0.4, 0.5) is 10.1 Å². The molecule has 0 aliphatic rings. The highest BCUT2D eigenvalue weighted by molar-refractivity contribution is 5.54. The van der Waals surface area contributed by atoms with Crippen LogP contribution in [0.5, 0.6) is 5.75 Å². The molecule has 1 heterocycles. The summed E-state index contributed by atoms with van der Waals surface area (Å²) >= 11 is 0. The Bertz CT molecular complexity index is 670. The lowest BCUT2D eigenvalue weighted by Crippen LogP contribution is -2.20. The first-order valence-electron chi connectivity index (χ1n) is 5.98. The molecular weight excluding hydrogens is 263 g/mol. The molecule has 106 valence electrons. The molecule has 2 rings (SSSR count). The van der Waals surface area contributed by atoms with Crippen LogP contribution < -0.4 is 11.3 Å². The molecule has 0 fully saturated rings. The second-order valence-corrected chi connectivity index (χ2v) is 4.43. The van der Waals surface area contributed by atoms with E-state index in [0.29, 0.717) is 5.56 Å². The number of methoxy groups -OCH3 is 1. The van der Waals surface area contributed by atoms with Gasteiger partial charge < -0.3 is 20.6 Å². The number of nitrogen functional groups attached to an aromatic ring is 1. The van der Waals surface area contributed by atoms with Crippen LogP contribution in [-0.4, -0.2) is 23.8 Å². The number of benzene rings is 1. The van der Waals surface area contributed by atoms with Gasteiger partial charge in [0.15, 0.2) is 0 Å². The van der Waals surface area contributed by atoms with E-state index in [0.717, 1.165) is 6.20 Å². The van der Waals surface area contributed by atoms with Crippen LogP contribution in [0.3, 0.4) is 0 Å². The third kappa shape index (κ3) is 2.80. The Labute approximate surface area is 114 Å². The Balaban J connectivity index is 2.52. The summed E-state index contributed by atoms with van der Waals surface area (Å²) in [5.41, 5.74) is 6.36. The van der Waals surface area contributed by atoms with Crippen LogP contribution in [0.25, 0.3) is 0 Å². The van der Waals surface area contributed by atoms with Gasteiger partial charge in [-0.15, -0.1) is 0 Å². The van der Waals surface area contributed by atoms with E-state index in [-0.39, 0.29) is 29.2 Å². The summed E-state index contributed by atoms with van der Waals surface area (Å²) in [6.45, 7) is 0.191. The molecule has 0 saturated carbocycles. The summed E-state index contributed by atoms with van der Waals surface area (Å²) in [6.07, 6.45) is 1.00. The Morgan fingerprint density at radius 2 is 2.20 bits per heavy atom. The van der Waals surface area contributed by atoms with Crippen molar-refractivity contribution in [2.75, 3.05) is 19.5 Å². The highest BCUT2D eigenvalue weighted by Crippen LogP contribution is 2.28. The fraction of sp³-hybridized carbons (Fsp3) is 0.214. The summed E-state index contributed by atoms with van der Waals surface area (Å²) in [6, 6.07) is 5.77. The van der Waals surface area contributed by atoms with Crippen LogP contribution in [0.2, 0.25) is 0 Å². The number of aromatic hydroxyl groups is 1. The molecule has 0 bridgehead atoms. The van der Waals surface area contributed by atoms with E-state index in [4.69, 9.17) is 10.5 Å². The van der Waals surface area contributed by atoms with E-state index < -0.39 is 11.7 Å². The van der Waals surface area contributed by atoms with Gasteiger partial charge in [0, 0.05) is 24.8 Å². The third-order valence-corrected chi connectivity index (χ3v) is 3.06. The Morgan fingerprint density at radius 1 is 1.45 bits per heavy atom. The predicted molar refractivity (Wildman–Crippen MR) is 73.3 cm³/mol. The molecule has 0 aliphatic carbocycles. The first-order valence-corrected chi connectivity index (χ1v) is 5.98. The number of phenols is 1. The SMILES string of the molecule is COCC(c1ccc(O)c(N)c1)c1cc(F)c[nH]c1=O. The van der Waals surface area contributed by atoms with Crippen molar-refractivity contribution in [2.24, 2.45) is 0 Å². The largest absolute Gasteiger partial charge is 0.506 e. The molecule has 1 unspecified atom stereocenters. The lowest BCUT2D eigenvalue weighted by molar-refractivity contribution is 0.189. The normalized spacial score (nSPS) is 12.3. The topological polar surface area (TPSA) is 88.3 Å². The van der Waals surface area contributed by atoms with Gasteiger partial charge in [-0.2, -0.15) is 0 Å². The molecule has 0 saturated heterocycles. The number of halogens is 1. The quantitative estimate of drug-likeness (QED) is 0.585. The summed E-state index contributed by atoms with van der Waals surface area (Å²) in [7, 11) is 1.49. The molecule has 0 aliphatic heterocycles. The van der Waals surface area contributed by atoms with Gasteiger partial charge in [0.2, 0.25) is 0 Å². The van der Waals surface area contributed by atoms with Crippen molar-refractivity contribution in [2.45, 2.75) is 5.92 Å². The monoisotopic (exact) mass is 278 g/mol. The molecular formula is C14H15FN2O3. The summed E-state index contributed by atoms with van der Waals surface area (Å²) < 4.78 is 18.4. The smallest absolute Gasteiger partial charge is 0.252 e. The Hall–Kier alpha value is -2.34. The van der Waals surface area contributed by atoms with E-state index >= 15 is 0 Å². The minimum absolute atomic E-state index is 0.0435. The molecule has 1 aromatic carbocycles. The number of hydrogen-bond acceptors (Lipinski definition) is 4. The lowest BCUT2D eigenvalue weighted by Gasteiger charge is -2.17. The van der Waals surface area contributed by atoms with Gasteiger partial charge in [-0.3, -0.25) is 4.79 Å². The molecule has 1 atom stereocenters. The van der Waals surface area contributed by atoms with E-state index in [2.05, 4.69) is 4.98 Å². The molecule has 1 aromatic heterocycles. The highest BCUT2D eigenvalue weighted by Gasteiger charge is 2.19.